The number of ether oxygens (including phenoxy) is 1. The molecule has 0 aliphatic carbocycles. The number of carbonyl (C=O) groups is 1. The highest BCUT2D eigenvalue weighted by Crippen LogP contribution is 2.27. The first-order valence-electron chi connectivity index (χ1n) is 6.89. The molecule has 1 aromatic carbocycles. The molecule has 6 heteroatoms. The number of hydrogen-bond acceptors (Lipinski definition) is 4. The predicted octanol–water partition coefficient (Wildman–Crippen LogP) is 2.70. The quantitative estimate of drug-likeness (QED) is 0.829. The standard InChI is InChI=1S/C15H20N4O2/c1-4-21-14-12(6-5-7-13(14)16)15(20)18-11-8-17-19(9-11)10(2)3/h5-10H,4,16H2,1-3H3,(H,18,20). The zero-order valence-corrected chi connectivity index (χ0v) is 12.5. The lowest BCUT2D eigenvalue weighted by atomic mass is 10.1. The van der Waals surface area contributed by atoms with E-state index >= 15 is 0 Å². The van der Waals surface area contributed by atoms with Crippen LogP contribution in [-0.4, -0.2) is 22.3 Å². The maximum Gasteiger partial charge on any atom is 0.259 e. The Kier molecular flexibility index (Phi) is 4.47. The van der Waals surface area contributed by atoms with Crippen LogP contribution in [-0.2, 0) is 0 Å². The molecule has 0 fully saturated rings. The van der Waals surface area contributed by atoms with Crippen molar-refractivity contribution < 1.29 is 9.53 Å². The normalized spacial score (nSPS) is 10.7. The van der Waals surface area contributed by atoms with Crippen molar-refractivity contribution >= 4 is 17.3 Å². The average molecular weight is 288 g/mol. The summed E-state index contributed by atoms with van der Waals surface area (Å²) in [6.07, 6.45) is 3.40. The van der Waals surface area contributed by atoms with Crippen LogP contribution in [0.1, 0.15) is 37.2 Å². The fourth-order valence-electron chi connectivity index (χ4n) is 1.92. The summed E-state index contributed by atoms with van der Waals surface area (Å²) in [5.41, 5.74) is 7.36. The van der Waals surface area contributed by atoms with E-state index in [-0.39, 0.29) is 11.9 Å². The molecule has 0 saturated carbocycles. The van der Waals surface area contributed by atoms with E-state index in [9.17, 15) is 4.79 Å². The number of anilines is 2. The molecule has 0 bridgehead atoms. The van der Waals surface area contributed by atoms with Crippen molar-refractivity contribution in [2.75, 3.05) is 17.7 Å². The summed E-state index contributed by atoms with van der Waals surface area (Å²) in [4.78, 5) is 12.4. The smallest absolute Gasteiger partial charge is 0.259 e. The molecule has 0 aliphatic rings. The number of hydrogen-bond donors (Lipinski definition) is 2. The van der Waals surface area contributed by atoms with E-state index in [2.05, 4.69) is 10.4 Å². The second-order valence-corrected chi connectivity index (χ2v) is 4.91. The topological polar surface area (TPSA) is 82.2 Å². The van der Waals surface area contributed by atoms with Gasteiger partial charge in [0.25, 0.3) is 5.91 Å². The van der Waals surface area contributed by atoms with Gasteiger partial charge in [-0.2, -0.15) is 5.10 Å². The zero-order chi connectivity index (χ0) is 15.4. The molecule has 0 spiro atoms. The molecular formula is C15H20N4O2. The maximum absolute atomic E-state index is 12.4. The first-order chi connectivity index (χ1) is 10.0. The Labute approximate surface area is 123 Å². The average Bonchev–Trinajstić information content (AvgIpc) is 2.90. The number of aromatic nitrogens is 2. The van der Waals surface area contributed by atoms with Gasteiger partial charge in [0.2, 0.25) is 0 Å². The first kappa shape index (κ1) is 14.9. The molecule has 1 heterocycles. The van der Waals surface area contributed by atoms with Gasteiger partial charge in [0.1, 0.15) is 0 Å². The molecule has 0 radical (unpaired) electrons. The van der Waals surface area contributed by atoms with Gasteiger partial charge >= 0.3 is 0 Å². The van der Waals surface area contributed by atoms with Crippen molar-refractivity contribution in [2.45, 2.75) is 26.8 Å². The van der Waals surface area contributed by atoms with Gasteiger partial charge < -0.3 is 15.8 Å². The fraction of sp³-hybridized carbons (Fsp3) is 0.333. The van der Waals surface area contributed by atoms with Crippen LogP contribution in [0.25, 0.3) is 0 Å². The monoisotopic (exact) mass is 288 g/mol. The van der Waals surface area contributed by atoms with Crippen molar-refractivity contribution in [1.82, 2.24) is 9.78 Å². The summed E-state index contributed by atoms with van der Waals surface area (Å²) in [5, 5.41) is 6.99. The van der Waals surface area contributed by atoms with Gasteiger partial charge in [-0.05, 0) is 32.9 Å². The van der Waals surface area contributed by atoms with E-state index < -0.39 is 0 Å². The van der Waals surface area contributed by atoms with Crippen molar-refractivity contribution in [3.63, 3.8) is 0 Å². The van der Waals surface area contributed by atoms with E-state index in [1.807, 2.05) is 20.8 Å². The fourth-order valence-corrected chi connectivity index (χ4v) is 1.92. The molecule has 112 valence electrons. The molecule has 0 unspecified atom stereocenters. The van der Waals surface area contributed by atoms with Gasteiger partial charge in [0, 0.05) is 12.2 Å². The molecule has 3 N–H and O–H groups in total. The molecule has 6 nitrogen and oxygen atoms in total. The summed E-state index contributed by atoms with van der Waals surface area (Å²) < 4.78 is 7.24. The molecular weight excluding hydrogens is 268 g/mol. The highest BCUT2D eigenvalue weighted by atomic mass is 16.5. The molecule has 2 rings (SSSR count). The molecule has 1 amide bonds. The number of rotatable bonds is 5. The Hall–Kier alpha value is -2.50. The van der Waals surface area contributed by atoms with Gasteiger partial charge in [-0.25, -0.2) is 0 Å². The van der Waals surface area contributed by atoms with E-state index in [1.165, 1.54) is 0 Å². The van der Waals surface area contributed by atoms with E-state index in [1.54, 1.807) is 35.3 Å². The third-order valence-corrected chi connectivity index (χ3v) is 2.97. The highest BCUT2D eigenvalue weighted by molar-refractivity contribution is 6.07. The first-order valence-corrected chi connectivity index (χ1v) is 6.89. The number of nitrogens with one attached hydrogen (secondary N) is 1. The van der Waals surface area contributed by atoms with Crippen LogP contribution >= 0.6 is 0 Å². The van der Waals surface area contributed by atoms with Crippen LogP contribution in [0, 0.1) is 0 Å². The number of carbonyl (C=O) groups excluding carboxylic acids is 1. The van der Waals surface area contributed by atoms with E-state index in [4.69, 9.17) is 10.5 Å². The highest BCUT2D eigenvalue weighted by Gasteiger charge is 2.15. The van der Waals surface area contributed by atoms with Gasteiger partial charge in [0.15, 0.2) is 5.75 Å². The largest absolute Gasteiger partial charge is 0.491 e. The van der Waals surface area contributed by atoms with Crippen molar-refractivity contribution in [3.05, 3.63) is 36.2 Å². The van der Waals surface area contributed by atoms with Gasteiger partial charge in [-0.3, -0.25) is 9.48 Å². The van der Waals surface area contributed by atoms with Crippen LogP contribution in [0.3, 0.4) is 0 Å². The number of nitrogen functional groups attached to an aromatic ring is 1. The van der Waals surface area contributed by atoms with Gasteiger partial charge in [-0.15, -0.1) is 0 Å². The molecule has 0 atom stereocenters. The molecule has 0 aliphatic heterocycles. The Morgan fingerprint density at radius 2 is 2.24 bits per heavy atom. The number of nitrogens with two attached hydrogens (primary N) is 1. The minimum Gasteiger partial charge on any atom is -0.491 e. The maximum atomic E-state index is 12.4. The third kappa shape index (κ3) is 3.34. The minimum absolute atomic E-state index is 0.238. The van der Waals surface area contributed by atoms with Crippen molar-refractivity contribution in [1.29, 1.82) is 0 Å². The van der Waals surface area contributed by atoms with Crippen LogP contribution < -0.4 is 15.8 Å². The van der Waals surface area contributed by atoms with Crippen LogP contribution in [0.15, 0.2) is 30.6 Å². The minimum atomic E-state index is -0.269. The van der Waals surface area contributed by atoms with Crippen LogP contribution in [0.5, 0.6) is 5.75 Å². The Morgan fingerprint density at radius 1 is 1.48 bits per heavy atom. The van der Waals surface area contributed by atoms with Crippen molar-refractivity contribution in [2.24, 2.45) is 0 Å². The summed E-state index contributed by atoms with van der Waals surface area (Å²) in [6.45, 7) is 6.33. The van der Waals surface area contributed by atoms with Gasteiger partial charge in [-0.1, -0.05) is 6.07 Å². The SMILES string of the molecule is CCOc1c(N)cccc1C(=O)Nc1cnn(C(C)C)c1. The van der Waals surface area contributed by atoms with Gasteiger partial charge in [0.05, 0.1) is 29.7 Å². The molecule has 0 saturated heterocycles. The Morgan fingerprint density at radius 3 is 2.86 bits per heavy atom. The number of para-hydroxylation sites is 1. The molecule has 1 aromatic heterocycles. The second-order valence-electron chi connectivity index (χ2n) is 4.91. The van der Waals surface area contributed by atoms with Crippen LogP contribution in [0.4, 0.5) is 11.4 Å². The lowest BCUT2D eigenvalue weighted by Crippen LogP contribution is -2.14. The van der Waals surface area contributed by atoms with Crippen LogP contribution in [0.2, 0.25) is 0 Å². The summed E-state index contributed by atoms with van der Waals surface area (Å²) in [5.74, 6) is 0.141. The molecule has 21 heavy (non-hydrogen) atoms. The Bertz CT molecular complexity index is 634. The second kappa shape index (κ2) is 6.30. The zero-order valence-electron chi connectivity index (χ0n) is 12.5. The lowest BCUT2D eigenvalue weighted by Gasteiger charge is -2.12. The van der Waals surface area contributed by atoms with E-state index in [0.29, 0.717) is 29.3 Å². The molecule has 2 aromatic rings. The van der Waals surface area contributed by atoms with E-state index in [0.717, 1.165) is 0 Å². The predicted molar refractivity (Wildman–Crippen MR) is 82.6 cm³/mol. The summed E-state index contributed by atoms with van der Waals surface area (Å²) in [7, 11) is 0. The number of nitrogens with zero attached hydrogens (tertiary/aromatic N) is 2. The Balaban J connectivity index is 2.21. The number of benzene rings is 1. The third-order valence-electron chi connectivity index (χ3n) is 2.97. The van der Waals surface area contributed by atoms with Crippen molar-refractivity contribution in [3.8, 4) is 5.75 Å². The summed E-state index contributed by atoms with van der Waals surface area (Å²) in [6, 6.07) is 5.36. The lowest BCUT2D eigenvalue weighted by molar-refractivity contribution is 0.102. The number of amides is 1. The summed E-state index contributed by atoms with van der Waals surface area (Å²) >= 11 is 0.